The highest BCUT2D eigenvalue weighted by Crippen LogP contribution is 2.37. The number of methoxy groups -OCH3 is 1. The molecule has 0 N–H and O–H groups in total. The minimum absolute atomic E-state index is 0.0357. The van der Waals surface area contributed by atoms with Gasteiger partial charge in [0.15, 0.2) is 0 Å². The summed E-state index contributed by atoms with van der Waals surface area (Å²) in [7, 11) is 1.31. The third-order valence-corrected chi connectivity index (χ3v) is 6.12. The van der Waals surface area contributed by atoms with Crippen LogP contribution in [0.5, 0.6) is 5.75 Å². The SMILES string of the molecule is COC(=O)c1c(SCc2ccc(Cl)cc2)nc2ccccc2c1OCc1ccccc1F. The van der Waals surface area contributed by atoms with Crippen molar-refractivity contribution in [1.82, 2.24) is 4.98 Å². The van der Waals surface area contributed by atoms with Gasteiger partial charge in [-0.3, -0.25) is 0 Å². The molecule has 4 nitrogen and oxygen atoms in total. The van der Waals surface area contributed by atoms with Gasteiger partial charge in [0.05, 0.1) is 12.6 Å². The standard InChI is InChI=1S/C25H19ClFNO3S/c1-30-25(29)22-23(31-14-17-6-2-4-8-20(17)27)19-7-3-5-9-21(19)28-24(22)32-15-16-10-12-18(26)13-11-16/h2-13H,14-15H2,1H3. The van der Waals surface area contributed by atoms with Gasteiger partial charge in [0, 0.05) is 21.7 Å². The van der Waals surface area contributed by atoms with Gasteiger partial charge in [-0.05, 0) is 35.9 Å². The Morgan fingerprint density at radius 2 is 1.75 bits per heavy atom. The number of halogens is 2. The van der Waals surface area contributed by atoms with Crippen molar-refractivity contribution in [2.24, 2.45) is 0 Å². The zero-order valence-electron chi connectivity index (χ0n) is 17.2. The van der Waals surface area contributed by atoms with Crippen LogP contribution in [0.3, 0.4) is 0 Å². The topological polar surface area (TPSA) is 48.4 Å². The first-order chi connectivity index (χ1) is 15.6. The van der Waals surface area contributed by atoms with Gasteiger partial charge in [0.25, 0.3) is 0 Å². The Bertz CT molecular complexity index is 1260. The zero-order valence-corrected chi connectivity index (χ0v) is 18.8. The number of benzene rings is 3. The van der Waals surface area contributed by atoms with Crippen molar-refractivity contribution >= 4 is 40.2 Å². The van der Waals surface area contributed by atoms with Crippen LogP contribution in [0, 0.1) is 5.82 Å². The predicted molar refractivity (Wildman–Crippen MR) is 125 cm³/mol. The van der Waals surface area contributed by atoms with Gasteiger partial charge < -0.3 is 9.47 Å². The van der Waals surface area contributed by atoms with Crippen LogP contribution in [-0.2, 0) is 17.1 Å². The number of carbonyl (C=O) groups is 1. The second-order valence-electron chi connectivity index (χ2n) is 6.93. The molecule has 3 aromatic carbocycles. The highest BCUT2D eigenvalue weighted by Gasteiger charge is 2.24. The molecule has 0 atom stereocenters. The van der Waals surface area contributed by atoms with Crippen molar-refractivity contribution in [3.8, 4) is 5.75 Å². The number of pyridine rings is 1. The number of esters is 1. The third-order valence-electron chi connectivity index (χ3n) is 4.82. The number of hydrogen-bond acceptors (Lipinski definition) is 5. The summed E-state index contributed by atoms with van der Waals surface area (Å²) in [5.74, 6) is -0.0447. The first-order valence-corrected chi connectivity index (χ1v) is 11.2. The maximum Gasteiger partial charge on any atom is 0.344 e. The predicted octanol–water partition coefficient (Wildman–Crippen LogP) is 6.69. The highest BCUT2D eigenvalue weighted by molar-refractivity contribution is 7.98. The maximum atomic E-state index is 14.2. The lowest BCUT2D eigenvalue weighted by atomic mass is 10.1. The molecule has 0 radical (unpaired) electrons. The van der Waals surface area contributed by atoms with Crippen molar-refractivity contribution in [2.75, 3.05) is 7.11 Å². The van der Waals surface area contributed by atoms with Crippen LogP contribution in [-0.4, -0.2) is 18.1 Å². The normalized spacial score (nSPS) is 10.8. The molecule has 0 fully saturated rings. The lowest BCUT2D eigenvalue weighted by Crippen LogP contribution is -2.10. The summed E-state index contributed by atoms with van der Waals surface area (Å²) in [5, 5.41) is 1.79. The minimum atomic E-state index is -0.564. The molecule has 0 aliphatic carbocycles. The molecule has 4 rings (SSSR count). The van der Waals surface area contributed by atoms with Crippen LogP contribution in [0.4, 0.5) is 4.39 Å². The van der Waals surface area contributed by atoms with Gasteiger partial charge >= 0.3 is 5.97 Å². The van der Waals surface area contributed by atoms with E-state index in [2.05, 4.69) is 0 Å². The Morgan fingerprint density at radius 3 is 2.50 bits per heavy atom. The lowest BCUT2D eigenvalue weighted by Gasteiger charge is -2.16. The highest BCUT2D eigenvalue weighted by atomic mass is 35.5. The Labute approximate surface area is 194 Å². The fraction of sp³-hybridized carbons (Fsp3) is 0.120. The number of aromatic nitrogens is 1. The van der Waals surface area contributed by atoms with Crippen LogP contribution in [0.25, 0.3) is 10.9 Å². The summed E-state index contributed by atoms with van der Waals surface area (Å²) in [5.41, 5.74) is 2.31. The second kappa shape index (κ2) is 10.0. The van der Waals surface area contributed by atoms with Crippen molar-refractivity contribution in [1.29, 1.82) is 0 Å². The van der Waals surface area contributed by atoms with Crippen LogP contribution in [0.2, 0.25) is 5.02 Å². The van der Waals surface area contributed by atoms with E-state index in [9.17, 15) is 9.18 Å². The Kier molecular flexibility index (Phi) is 6.93. The first kappa shape index (κ1) is 22.1. The second-order valence-corrected chi connectivity index (χ2v) is 8.33. The lowest BCUT2D eigenvalue weighted by molar-refractivity contribution is 0.0590. The number of ether oxygens (including phenoxy) is 2. The number of para-hydroxylation sites is 1. The molecule has 0 aliphatic rings. The summed E-state index contributed by atoms with van der Waals surface area (Å²) in [6, 6.07) is 21.2. The molecular weight excluding hydrogens is 449 g/mol. The van der Waals surface area contributed by atoms with E-state index >= 15 is 0 Å². The van der Waals surface area contributed by atoms with Crippen LogP contribution in [0.15, 0.2) is 77.8 Å². The molecule has 0 saturated carbocycles. The summed E-state index contributed by atoms with van der Waals surface area (Å²) in [6.07, 6.45) is 0. The fourth-order valence-corrected chi connectivity index (χ4v) is 4.30. The largest absolute Gasteiger partial charge is 0.487 e. The number of fused-ring (bicyclic) bond motifs is 1. The molecule has 0 amide bonds. The Balaban J connectivity index is 1.76. The summed E-state index contributed by atoms with van der Waals surface area (Å²) in [4.78, 5) is 17.5. The fourth-order valence-electron chi connectivity index (χ4n) is 3.19. The average molecular weight is 468 g/mol. The van der Waals surface area contributed by atoms with Gasteiger partial charge in [-0.2, -0.15) is 0 Å². The summed E-state index contributed by atoms with van der Waals surface area (Å²) in [6.45, 7) is -0.0357. The van der Waals surface area contributed by atoms with E-state index in [1.807, 2.05) is 48.5 Å². The number of nitrogens with zero attached hydrogens (tertiary/aromatic N) is 1. The molecule has 162 valence electrons. The monoisotopic (exact) mass is 467 g/mol. The van der Waals surface area contributed by atoms with Gasteiger partial charge in [-0.1, -0.05) is 54.1 Å². The van der Waals surface area contributed by atoms with Crippen molar-refractivity contribution in [3.63, 3.8) is 0 Å². The molecule has 4 aromatic rings. The van der Waals surface area contributed by atoms with E-state index in [1.165, 1.54) is 24.9 Å². The van der Waals surface area contributed by atoms with Crippen molar-refractivity contribution in [3.05, 3.63) is 100 Å². The quantitative estimate of drug-likeness (QED) is 0.224. The first-order valence-electron chi connectivity index (χ1n) is 9.81. The molecule has 1 aromatic heterocycles. The van der Waals surface area contributed by atoms with Crippen LogP contribution < -0.4 is 4.74 Å². The van der Waals surface area contributed by atoms with E-state index in [0.29, 0.717) is 38.0 Å². The smallest absolute Gasteiger partial charge is 0.344 e. The molecule has 7 heteroatoms. The van der Waals surface area contributed by atoms with Gasteiger partial charge in [-0.25, -0.2) is 14.2 Å². The van der Waals surface area contributed by atoms with E-state index in [-0.39, 0.29) is 18.0 Å². The Hall–Kier alpha value is -3.09. The average Bonchev–Trinajstić information content (AvgIpc) is 2.82. The molecule has 0 unspecified atom stereocenters. The molecule has 0 aliphatic heterocycles. The zero-order chi connectivity index (χ0) is 22.5. The van der Waals surface area contributed by atoms with E-state index < -0.39 is 5.97 Å². The molecule has 32 heavy (non-hydrogen) atoms. The molecule has 0 bridgehead atoms. The third kappa shape index (κ3) is 4.87. The van der Waals surface area contributed by atoms with Crippen LogP contribution >= 0.6 is 23.4 Å². The number of thioether (sulfide) groups is 1. The van der Waals surface area contributed by atoms with Crippen molar-refractivity contribution < 1.29 is 18.7 Å². The molecular formula is C25H19ClFNO3S. The van der Waals surface area contributed by atoms with Gasteiger partial charge in [-0.15, -0.1) is 11.8 Å². The molecule has 0 spiro atoms. The Morgan fingerprint density at radius 1 is 1.03 bits per heavy atom. The van der Waals surface area contributed by atoms with Gasteiger partial charge in [0.2, 0.25) is 0 Å². The molecule has 0 saturated heterocycles. The van der Waals surface area contributed by atoms with E-state index in [0.717, 1.165) is 5.56 Å². The van der Waals surface area contributed by atoms with E-state index in [4.69, 9.17) is 26.1 Å². The summed E-state index contributed by atoms with van der Waals surface area (Å²) >= 11 is 7.37. The van der Waals surface area contributed by atoms with Crippen LogP contribution in [0.1, 0.15) is 21.5 Å². The van der Waals surface area contributed by atoms with Crippen molar-refractivity contribution in [2.45, 2.75) is 17.4 Å². The van der Waals surface area contributed by atoms with E-state index in [1.54, 1.807) is 18.2 Å². The number of carbonyl (C=O) groups excluding carboxylic acids is 1. The van der Waals surface area contributed by atoms with Gasteiger partial charge in [0.1, 0.15) is 28.8 Å². The maximum absolute atomic E-state index is 14.2. The molecule has 1 heterocycles. The number of hydrogen-bond donors (Lipinski definition) is 0. The summed E-state index contributed by atoms with van der Waals surface area (Å²) < 4.78 is 25.2. The number of rotatable bonds is 7. The minimum Gasteiger partial charge on any atom is -0.487 e.